The van der Waals surface area contributed by atoms with Crippen molar-refractivity contribution in [2.75, 3.05) is 11.9 Å². The summed E-state index contributed by atoms with van der Waals surface area (Å²) in [6, 6.07) is 13.1. The van der Waals surface area contributed by atoms with Crippen molar-refractivity contribution in [3.8, 4) is 11.5 Å². The van der Waals surface area contributed by atoms with E-state index in [1.54, 1.807) is 18.2 Å². The normalized spacial score (nSPS) is 11.5. The molecule has 0 bridgehead atoms. The van der Waals surface area contributed by atoms with Crippen LogP contribution in [0.5, 0.6) is 11.5 Å². The largest absolute Gasteiger partial charge is 0.490 e. The molecule has 1 N–H and O–H groups in total. The monoisotopic (exact) mass is 339 g/mol. The molecule has 1 amide bonds. The van der Waals surface area contributed by atoms with Gasteiger partial charge in [-0.15, -0.1) is 0 Å². The van der Waals surface area contributed by atoms with E-state index >= 15 is 0 Å². The molecule has 0 heterocycles. The van der Waals surface area contributed by atoms with Crippen molar-refractivity contribution in [3.05, 3.63) is 66.2 Å². The summed E-state index contributed by atoms with van der Waals surface area (Å²) in [7, 11) is 0. The molecule has 132 valence electrons. The van der Waals surface area contributed by atoms with Crippen LogP contribution < -0.4 is 14.8 Å². The van der Waals surface area contributed by atoms with Gasteiger partial charge in [0, 0.05) is 5.69 Å². The van der Waals surface area contributed by atoms with Crippen LogP contribution in [0.3, 0.4) is 0 Å². The van der Waals surface area contributed by atoms with Gasteiger partial charge in [-0.1, -0.05) is 31.7 Å². The number of hydrogen-bond acceptors (Lipinski definition) is 3. The zero-order chi connectivity index (χ0) is 18.2. The van der Waals surface area contributed by atoms with Crippen molar-refractivity contribution in [1.82, 2.24) is 0 Å². The second-order valence-electron chi connectivity index (χ2n) is 5.83. The van der Waals surface area contributed by atoms with Gasteiger partial charge in [0.2, 0.25) is 0 Å². The number of anilines is 1. The Bertz CT molecular complexity index is 722. The first kappa shape index (κ1) is 18.6. The highest BCUT2D eigenvalue weighted by Crippen LogP contribution is 2.23. The molecular weight excluding hydrogens is 314 g/mol. The van der Waals surface area contributed by atoms with Crippen molar-refractivity contribution in [1.29, 1.82) is 0 Å². The van der Waals surface area contributed by atoms with Crippen LogP contribution in [0.15, 0.2) is 55.1 Å². The average molecular weight is 339 g/mol. The Morgan fingerprint density at radius 2 is 1.92 bits per heavy atom. The summed E-state index contributed by atoms with van der Waals surface area (Å²) >= 11 is 0. The summed E-state index contributed by atoms with van der Waals surface area (Å²) in [6.45, 7) is 10.0. The number of ether oxygens (including phenoxy) is 2. The van der Waals surface area contributed by atoms with Gasteiger partial charge in [-0.3, -0.25) is 4.79 Å². The van der Waals surface area contributed by atoms with Crippen LogP contribution in [-0.4, -0.2) is 18.6 Å². The lowest BCUT2D eigenvalue weighted by Gasteiger charge is -2.19. The predicted octanol–water partition coefficient (Wildman–Crippen LogP) is 4.66. The van der Waals surface area contributed by atoms with Gasteiger partial charge in [0.05, 0.1) is 0 Å². The molecule has 0 aromatic heterocycles. The Kier molecular flexibility index (Phi) is 6.63. The second-order valence-corrected chi connectivity index (χ2v) is 5.83. The minimum atomic E-state index is -0.544. The molecule has 2 aromatic rings. The number of benzene rings is 2. The van der Waals surface area contributed by atoms with Crippen LogP contribution in [0.4, 0.5) is 5.69 Å². The third kappa shape index (κ3) is 5.11. The third-order valence-electron chi connectivity index (χ3n) is 3.98. The first-order valence-electron chi connectivity index (χ1n) is 8.42. The highest BCUT2D eigenvalue weighted by atomic mass is 16.5. The van der Waals surface area contributed by atoms with Crippen molar-refractivity contribution in [3.63, 3.8) is 0 Å². The Hall–Kier alpha value is -2.75. The number of carbonyl (C=O) groups is 1. The number of aryl methyl sites for hydroxylation is 1. The van der Waals surface area contributed by atoms with Crippen LogP contribution in [-0.2, 0) is 4.79 Å². The van der Waals surface area contributed by atoms with Gasteiger partial charge in [-0.25, -0.2) is 0 Å². The molecule has 0 spiro atoms. The van der Waals surface area contributed by atoms with E-state index in [1.165, 1.54) is 0 Å². The molecule has 0 saturated heterocycles. The summed E-state index contributed by atoms with van der Waals surface area (Å²) in [5, 5.41) is 2.89. The number of rotatable bonds is 8. The van der Waals surface area contributed by atoms with E-state index in [1.807, 2.05) is 51.1 Å². The van der Waals surface area contributed by atoms with Crippen molar-refractivity contribution in [2.45, 2.75) is 33.3 Å². The fourth-order valence-electron chi connectivity index (χ4n) is 2.34. The van der Waals surface area contributed by atoms with Crippen LogP contribution in [0.25, 0.3) is 0 Å². The zero-order valence-electron chi connectivity index (χ0n) is 15.0. The van der Waals surface area contributed by atoms with Gasteiger partial charge in [0.1, 0.15) is 18.1 Å². The first-order chi connectivity index (χ1) is 12.0. The SMILES string of the molecule is C=CCOc1ccc(NC(=O)[C@H](CC)Oc2cccc(C)c2C)cc1. The smallest absolute Gasteiger partial charge is 0.265 e. The molecule has 0 aliphatic carbocycles. The molecule has 0 unspecified atom stereocenters. The van der Waals surface area contributed by atoms with E-state index < -0.39 is 6.10 Å². The average Bonchev–Trinajstić information content (AvgIpc) is 2.62. The molecule has 0 fully saturated rings. The van der Waals surface area contributed by atoms with Crippen LogP contribution in [0.1, 0.15) is 24.5 Å². The zero-order valence-corrected chi connectivity index (χ0v) is 15.0. The van der Waals surface area contributed by atoms with Gasteiger partial charge in [0.25, 0.3) is 5.91 Å². The Labute approximate surface area is 149 Å². The van der Waals surface area contributed by atoms with Crippen molar-refractivity contribution >= 4 is 11.6 Å². The quantitative estimate of drug-likeness (QED) is 0.711. The van der Waals surface area contributed by atoms with Gasteiger partial charge in [0.15, 0.2) is 6.10 Å². The van der Waals surface area contributed by atoms with E-state index in [0.717, 1.165) is 22.6 Å². The molecule has 0 saturated carbocycles. The van der Waals surface area contributed by atoms with Gasteiger partial charge < -0.3 is 14.8 Å². The molecule has 2 aromatic carbocycles. The van der Waals surface area contributed by atoms with Crippen LogP contribution in [0, 0.1) is 13.8 Å². The van der Waals surface area contributed by atoms with Gasteiger partial charge in [-0.2, -0.15) is 0 Å². The van der Waals surface area contributed by atoms with Gasteiger partial charge in [-0.05, 0) is 61.7 Å². The lowest BCUT2D eigenvalue weighted by atomic mass is 10.1. The summed E-state index contributed by atoms with van der Waals surface area (Å²) in [5.74, 6) is 1.31. The lowest BCUT2D eigenvalue weighted by molar-refractivity contribution is -0.122. The number of carbonyl (C=O) groups excluding carboxylic acids is 1. The Morgan fingerprint density at radius 1 is 1.20 bits per heavy atom. The summed E-state index contributed by atoms with van der Waals surface area (Å²) in [4.78, 5) is 12.5. The first-order valence-corrected chi connectivity index (χ1v) is 8.42. The Morgan fingerprint density at radius 3 is 2.56 bits per heavy atom. The fraction of sp³-hybridized carbons (Fsp3) is 0.286. The highest BCUT2D eigenvalue weighted by molar-refractivity contribution is 5.94. The highest BCUT2D eigenvalue weighted by Gasteiger charge is 2.19. The maximum atomic E-state index is 12.5. The molecule has 2 rings (SSSR count). The maximum absolute atomic E-state index is 12.5. The van der Waals surface area contributed by atoms with E-state index in [2.05, 4.69) is 11.9 Å². The van der Waals surface area contributed by atoms with Crippen molar-refractivity contribution < 1.29 is 14.3 Å². The minimum absolute atomic E-state index is 0.164. The number of nitrogens with one attached hydrogen (secondary N) is 1. The Balaban J connectivity index is 2.02. The minimum Gasteiger partial charge on any atom is -0.490 e. The van der Waals surface area contributed by atoms with E-state index in [4.69, 9.17) is 9.47 Å². The molecule has 4 nitrogen and oxygen atoms in total. The lowest BCUT2D eigenvalue weighted by Crippen LogP contribution is -2.32. The van der Waals surface area contributed by atoms with E-state index in [0.29, 0.717) is 18.7 Å². The summed E-state index contributed by atoms with van der Waals surface area (Å²) < 4.78 is 11.4. The van der Waals surface area contributed by atoms with Crippen LogP contribution >= 0.6 is 0 Å². The molecule has 0 aliphatic heterocycles. The summed E-state index contributed by atoms with van der Waals surface area (Å²) in [6.07, 6.45) is 1.73. The third-order valence-corrected chi connectivity index (χ3v) is 3.98. The maximum Gasteiger partial charge on any atom is 0.265 e. The number of hydrogen-bond donors (Lipinski definition) is 1. The number of amides is 1. The topological polar surface area (TPSA) is 47.6 Å². The standard InChI is InChI=1S/C21H25NO3/c1-5-14-24-18-12-10-17(11-13-18)22-21(23)19(6-2)25-20-9-7-8-15(3)16(20)4/h5,7-13,19H,1,6,14H2,2-4H3,(H,22,23)/t19-/m0/s1. The summed E-state index contributed by atoms with van der Waals surface area (Å²) in [5.41, 5.74) is 2.90. The van der Waals surface area contributed by atoms with Gasteiger partial charge >= 0.3 is 0 Å². The fourth-order valence-corrected chi connectivity index (χ4v) is 2.34. The van der Waals surface area contributed by atoms with E-state index in [-0.39, 0.29) is 5.91 Å². The molecular formula is C21H25NO3. The second kappa shape index (κ2) is 8.92. The van der Waals surface area contributed by atoms with Crippen LogP contribution in [0.2, 0.25) is 0 Å². The molecule has 0 aliphatic rings. The predicted molar refractivity (Wildman–Crippen MR) is 101 cm³/mol. The molecule has 25 heavy (non-hydrogen) atoms. The molecule has 1 atom stereocenters. The van der Waals surface area contributed by atoms with Crippen molar-refractivity contribution in [2.24, 2.45) is 0 Å². The van der Waals surface area contributed by atoms with E-state index in [9.17, 15) is 4.79 Å². The molecule has 4 heteroatoms. The molecule has 0 radical (unpaired) electrons.